The van der Waals surface area contributed by atoms with E-state index in [0.29, 0.717) is 35.5 Å². The van der Waals surface area contributed by atoms with E-state index in [-0.39, 0.29) is 12.2 Å². The van der Waals surface area contributed by atoms with Gasteiger partial charge in [0.25, 0.3) is 0 Å². The lowest BCUT2D eigenvalue weighted by Gasteiger charge is -2.35. The number of anilines is 2. The molecular formula is C20H18F3N6O3S-. The topological polar surface area (TPSA) is 107 Å². The predicted octanol–water partition coefficient (Wildman–Crippen LogP) is 2.72. The van der Waals surface area contributed by atoms with Crippen molar-refractivity contribution in [1.29, 1.82) is 0 Å². The Labute approximate surface area is 189 Å². The summed E-state index contributed by atoms with van der Waals surface area (Å²) in [6, 6.07) is 5.11. The van der Waals surface area contributed by atoms with Gasteiger partial charge in [-0.1, -0.05) is 0 Å². The lowest BCUT2D eigenvalue weighted by molar-refractivity contribution is -0.137. The van der Waals surface area contributed by atoms with E-state index < -0.39 is 34.8 Å². The average Bonchev–Trinajstić information content (AvgIpc) is 3.30. The van der Waals surface area contributed by atoms with Crippen LogP contribution < -0.4 is 9.21 Å². The fourth-order valence-corrected chi connectivity index (χ4v) is 4.22. The summed E-state index contributed by atoms with van der Waals surface area (Å²) in [7, 11) is 0. The molecule has 9 nitrogen and oxygen atoms in total. The summed E-state index contributed by atoms with van der Waals surface area (Å²) < 4.78 is 64.2. The van der Waals surface area contributed by atoms with Crippen molar-refractivity contribution in [1.82, 2.24) is 19.5 Å². The van der Waals surface area contributed by atoms with E-state index in [9.17, 15) is 26.7 Å². The van der Waals surface area contributed by atoms with Crippen LogP contribution in [0.15, 0.2) is 55.2 Å². The average molecular weight is 479 g/mol. The largest absolute Gasteiger partial charge is 0.755 e. The van der Waals surface area contributed by atoms with E-state index >= 15 is 0 Å². The minimum atomic E-state index is -4.57. The van der Waals surface area contributed by atoms with E-state index in [1.807, 2.05) is 4.90 Å². The normalized spacial score (nSPS) is 17.6. The number of hydrogen-bond acceptors (Lipinski definition) is 7. The van der Waals surface area contributed by atoms with Crippen LogP contribution in [0.2, 0.25) is 0 Å². The Bertz CT molecular complexity index is 1140. The maximum Gasteiger partial charge on any atom is 0.416 e. The molecule has 1 aliphatic heterocycles. The number of carbonyl (C=O) groups excluding carboxylic acids is 1. The molecule has 33 heavy (non-hydrogen) atoms. The summed E-state index contributed by atoms with van der Waals surface area (Å²) >= 11 is -2.99. The van der Waals surface area contributed by atoms with Gasteiger partial charge in [0, 0.05) is 25.5 Å². The third kappa shape index (κ3) is 5.03. The first-order valence-corrected chi connectivity index (χ1v) is 10.9. The van der Waals surface area contributed by atoms with E-state index in [1.54, 1.807) is 29.2 Å². The van der Waals surface area contributed by atoms with E-state index in [4.69, 9.17) is 0 Å². The number of benzene rings is 1. The molecule has 0 radical (unpaired) electrons. The molecule has 4 rings (SSSR count). The standard InChI is InChI=1S/C20H19F3N6O3S/c21-20(22,23)15-4-6-16(7-5-15)29(33(31)32)18(30)14-3-1-10-27(11-14)17-12-28(13-26-17)19-24-8-2-9-25-19/h2,4-9,12-14H,1,3,10-11H2,(H,31,32)/p-1/t14-/m1/s1. The Morgan fingerprint density at radius 2 is 1.85 bits per heavy atom. The Morgan fingerprint density at radius 3 is 2.48 bits per heavy atom. The van der Waals surface area contributed by atoms with Crippen LogP contribution in [0.3, 0.4) is 0 Å². The molecule has 1 fully saturated rings. The molecule has 0 spiro atoms. The maximum absolute atomic E-state index is 13.1. The van der Waals surface area contributed by atoms with Crippen molar-refractivity contribution in [3.63, 3.8) is 0 Å². The minimum Gasteiger partial charge on any atom is -0.755 e. The molecule has 0 bridgehead atoms. The summed E-state index contributed by atoms with van der Waals surface area (Å²) in [4.78, 5) is 27.5. The smallest absolute Gasteiger partial charge is 0.416 e. The minimum absolute atomic E-state index is 0.149. The van der Waals surface area contributed by atoms with Gasteiger partial charge in [-0.25, -0.2) is 19.3 Å². The summed E-state index contributed by atoms with van der Waals surface area (Å²) in [5.41, 5.74) is -1.08. The molecule has 1 aliphatic rings. The number of hydrogen-bond donors (Lipinski definition) is 0. The van der Waals surface area contributed by atoms with Crippen LogP contribution >= 0.6 is 0 Å². The molecule has 1 saturated heterocycles. The third-order valence-electron chi connectivity index (χ3n) is 5.23. The number of imidazole rings is 1. The monoisotopic (exact) mass is 479 g/mol. The van der Waals surface area contributed by atoms with E-state index in [1.165, 1.54) is 6.33 Å². The molecule has 1 amide bonds. The summed E-state index contributed by atoms with van der Waals surface area (Å²) in [6.45, 7) is 0.816. The number of nitrogens with zero attached hydrogens (tertiary/aromatic N) is 6. The third-order valence-corrected chi connectivity index (χ3v) is 5.91. The van der Waals surface area contributed by atoms with Crippen LogP contribution in [-0.4, -0.2) is 47.3 Å². The molecular weight excluding hydrogens is 461 g/mol. The highest BCUT2D eigenvalue weighted by Gasteiger charge is 2.33. The highest BCUT2D eigenvalue weighted by atomic mass is 32.2. The Balaban J connectivity index is 1.51. The van der Waals surface area contributed by atoms with Gasteiger partial charge in [-0.05, 0) is 43.2 Å². The number of aromatic nitrogens is 4. The molecule has 2 aromatic heterocycles. The zero-order valence-electron chi connectivity index (χ0n) is 17.1. The van der Waals surface area contributed by atoms with Crippen molar-refractivity contribution in [2.45, 2.75) is 19.0 Å². The van der Waals surface area contributed by atoms with Crippen LogP contribution in [-0.2, 0) is 22.2 Å². The van der Waals surface area contributed by atoms with E-state index in [2.05, 4.69) is 15.0 Å². The molecule has 3 heterocycles. The number of carbonyl (C=O) groups is 1. The van der Waals surface area contributed by atoms with Gasteiger partial charge in [-0.15, -0.1) is 0 Å². The van der Waals surface area contributed by atoms with Crippen molar-refractivity contribution in [2.75, 3.05) is 22.3 Å². The molecule has 13 heteroatoms. The van der Waals surface area contributed by atoms with Gasteiger partial charge in [-0.2, -0.15) is 13.2 Å². The van der Waals surface area contributed by atoms with Crippen molar-refractivity contribution < 1.29 is 26.7 Å². The van der Waals surface area contributed by atoms with Crippen molar-refractivity contribution in [3.05, 3.63) is 60.8 Å². The van der Waals surface area contributed by atoms with Crippen molar-refractivity contribution >= 4 is 28.7 Å². The first-order chi connectivity index (χ1) is 15.7. The van der Waals surface area contributed by atoms with Crippen molar-refractivity contribution in [2.24, 2.45) is 5.92 Å². The number of halogens is 3. The highest BCUT2D eigenvalue weighted by molar-refractivity contribution is 7.81. The maximum atomic E-state index is 13.1. The molecule has 3 aromatic rings. The Morgan fingerprint density at radius 1 is 1.15 bits per heavy atom. The second-order valence-electron chi connectivity index (χ2n) is 7.37. The molecule has 1 unspecified atom stereocenters. The fourth-order valence-electron chi connectivity index (χ4n) is 3.63. The van der Waals surface area contributed by atoms with Gasteiger partial charge < -0.3 is 9.45 Å². The quantitative estimate of drug-likeness (QED) is 0.518. The number of rotatable bonds is 5. The zero-order valence-corrected chi connectivity index (χ0v) is 17.9. The van der Waals surface area contributed by atoms with Crippen LogP contribution in [0.1, 0.15) is 18.4 Å². The number of amides is 1. The van der Waals surface area contributed by atoms with Crippen LogP contribution in [0.25, 0.3) is 5.95 Å². The zero-order chi connectivity index (χ0) is 23.6. The Kier molecular flexibility index (Phi) is 6.42. The number of piperidine rings is 1. The molecule has 0 aliphatic carbocycles. The van der Waals surface area contributed by atoms with Gasteiger partial charge in [0.15, 0.2) is 0 Å². The lowest BCUT2D eigenvalue weighted by Crippen LogP contribution is -2.45. The van der Waals surface area contributed by atoms with E-state index in [0.717, 1.165) is 24.3 Å². The molecule has 0 N–H and O–H groups in total. The number of alkyl halides is 3. The Hall–Kier alpha value is -3.32. The van der Waals surface area contributed by atoms with Crippen LogP contribution in [0, 0.1) is 5.92 Å². The van der Waals surface area contributed by atoms with Crippen LogP contribution in [0.5, 0.6) is 0 Å². The molecule has 174 valence electrons. The summed E-state index contributed by atoms with van der Waals surface area (Å²) in [6.07, 6.45) is 2.91. The first-order valence-electron chi connectivity index (χ1n) is 9.91. The molecule has 2 atom stereocenters. The fraction of sp³-hybridized carbons (Fsp3) is 0.300. The van der Waals surface area contributed by atoms with Gasteiger partial charge in [0.05, 0.1) is 34.6 Å². The molecule has 0 saturated carbocycles. The lowest BCUT2D eigenvalue weighted by atomic mass is 9.97. The summed E-state index contributed by atoms with van der Waals surface area (Å²) in [5, 5.41) is 0. The second kappa shape index (κ2) is 9.27. The van der Waals surface area contributed by atoms with Gasteiger partial charge in [0.1, 0.15) is 12.1 Å². The van der Waals surface area contributed by atoms with Crippen molar-refractivity contribution in [3.8, 4) is 5.95 Å². The van der Waals surface area contributed by atoms with Crippen LogP contribution in [0.4, 0.5) is 24.7 Å². The summed E-state index contributed by atoms with van der Waals surface area (Å²) in [5.74, 6) is -0.393. The second-order valence-corrected chi connectivity index (χ2v) is 8.17. The SMILES string of the molecule is O=C([C@@H]1CCCN(c2cn(-c3ncccn3)cn2)C1)N(c1ccc(C(F)(F)F)cc1)S(=O)[O-]. The van der Waals surface area contributed by atoms with Gasteiger partial charge in [-0.3, -0.25) is 13.6 Å². The first kappa shape index (κ1) is 22.9. The van der Waals surface area contributed by atoms with Gasteiger partial charge >= 0.3 is 6.18 Å². The van der Waals surface area contributed by atoms with Gasteiger partial charge in [0.2, 0.25) is 11.9 Å². The molecule has 1 aromatic carbocycles. The highest BCUT2D eigenvalue weighted by Crippen LogP contribution is 2.32. The predicted molar refractivity (Wildman–Crippen MR) is 112 cm³/mol.